The highest BCUT2D eigenvalue weighted by atomic mass is 19.4. The highest BCUT2D eigenvalue weighted by Gasteiger charge is 2.33. The molecule has 86 valence electrons. The van der Waals surface area contributed by atoms with Crippen LogP contribution in [0.15, 0.2) is 6.20 Å². The average Bonchev–Trinajstić information content (AvgIpc) is 2.19. The third-order valence-electron chi connectivity index (χ3n) is 1.57. The maximum Gasteiger partial charge on any atom is 0.573 e. The van der Waals surface area contributed by atoms with Crippen LogP contribution in [0.5, 0.6) is 11.5 Å². The van der Waals surface area contributed by atoms with Crippen LogP contribution in [-0.2, 0) is 0 Å². The number of hydrogen-bond donors (Lipinski definition) is 1. The summed E-state index contributed by atoms with van der Waals surface area (Å²) in [7, 11) is 1.16. The van der Waals surface area contributed by atoms with E-state index in [1.165, 1.54) is 0 Å². The van der Waals surface area contributed by atoms with E-state index < -0.39 is 17.8 Å². The first-order valence-electron chi connectivity index (χ1n) is 3.87. The topological polar surface area (TPSA) is 81.2 Å². The third-order valence-corrected chi connectivity index (χ3v) is 1.57. The van der Waals surface area contributed by atoms with E-state index in [9.17, 15) is 13.2 Å². The third kappa shape index (κ3) is 2.44. The number of methoxy groups -OCH3 is 1. The number of hydrogen-bond acceptors (Lipinski definition) is 5. The number of nitrogen functional groups attached to an aromatic ring is 1. The number of nitrogens with zero attached hydrogens (tertiary/aromatic N) is 2. The van der Waals surface area contributed by atoms with E-state index in [0.717, 1.165) is 7.11 Å². The molecule has 0 aromatic carbocycles. The molecule has 0 radical (unpaired) electrons. The van der Waals surface area contributed by atoms with Gasteiger partial charge in [0.25, 0.3) is 0 Å². The molecule has 1 aromatic heterocycles. The molecule has 0 aliphatic carbocycles. The van der Waals surface area contributed by atoms with Crippen LogP contribution >= 0.6 is 0 Å². The lowest BCUT2D eigenvalue weighted by atomic mass is 10.3. The predicted octanol–water partition coefficient (Wildman–Crippen LogP) is 1.44. The van der Waals surface area contributed by atoms with Crippen molar-refractivity contribution in [2.24, 2.45) is 0 Å². The van der Waals surface area contributed by atoms with Gasteiger partial charge in [0.2, 0.25) is 0 Å². The first kappa shape index (κ1) is 11.9. The van der Waals surface area contributed by atoms with Gasteiger partial charge in [0.05, 0.1) is 13.3 Å². The molecule has 1 heterocycles. The smallest absolute Gasteiger partial charge is 0.491 e. The normalized spacial score (nSPS) is 10.7. The Morgan fingerprint density at radius 1 is 1.50 bits per heavy atom. The summed E-state index contributed by atoms with van der Waals surface area (Å²) in [6.07, 6.45) is -4.17. The number of nitriles is 1. The van der Waals surface area contributed by atoms with Crippen LogP contribution < -0.4 is 15.2 Å². The first-order valence-corrected chi connectivity index (χ1v) is 3.87. The number of halogens is 3. The fourth-order valence-corrected chi connectivity index (χ4v) is 0.983. The van der Waals surface area contributed by atoms with Gasteiger partial charge in [0.15, 0.2) is 17.2 Å². The number of ether oxygens (including phenoxy) is 2. The lowest BCUT2D eigenvalue weighted by Crippen LogP contribution is -2.18. The molecule has 8 heteroatoms. The Labute approximate surface area is 88.2 Å². The van der Waals surface area contributed by atoms with E-state index in [2.05, 4.69) is 14.5 Å². The summed E-state index contributed by atoms with van der Waals surface area (Å²) in [6, 6.07) is 1.62. The maximum atomic E-state index is 11.9. The molecule has 0 aliphatic rings. The van der Waals surface area contributed by atoms with Gasteiger partial charge in [-0.05, 0) is 0 Å². The Kier molecular flexibility index (Phi) is 3.08. The molecule has 0 fully saturated rings. The van der Waals surface area contributed by atoms with Crippen molar-refractivity contribution in [2.45, 2.75) is 6.36 Å². The van der Waals surface area contributed by atoms with Crippen LogP contribution in [0.4, 0.5) is 18.9 Å². The highest BCUT2D eigenvalue weighted by molar-refractivity contribution is 5.65. The molecule has 0 unspecified atom stereocenters. The molecule has 0 aliphatic heterocycles. The Morgan fingerprint density at radius 3 is 2.56 bits per heavy atom. The molecular formula is C8H6F3N3O2. The van der Waals surface area contributed by atoms with Crippen LogP contribution in [0.25, 0.3) is 0 Å². The molecule has 0 atom stereocenters. The summed E-state index contributed by atoms with van der Waals surface area (Å²) in [5, 5.41) is 8.59. The van der Waals surface area contributed by atoms with Crippen molar-refractivity contribution >= 4 is 5.69 Å². The highest BCUT2D eigenvalue weighted by Crippen LogP contribution is 2.35. The van der Waals surface area contributed by atoms with Gasteiger partial charge in [-0.15, -0.1) is 13.2 Å². The van der Waals surface area contributed by atoms with Crippen LogP contribution in [0.3, 0.4) is 0 Å². The van der Waals surface area contributed by atoms with E-state index in [1.54, 1.807) is 6.07 Å². The molecule has 0 bridgehead atoms. The van der Waals surface area contributed by atoms with Crippen LogP contribution in [0.1, 0.15) is 5.69 Å². The predicted molar refractivity (Wildman–Crippen MR) is 46.6 cm³/mol. The molecule has 0 amide bonds. The Hall–Kier alpha value is -2.17. The summed E-state index contributed by atoms with van der Waals surface area (Å²) >= 11 is 0. The van der Waals surface area contributed by atoms with Crippen molar-refractivity contribution < 1.29 is 22.6 Å². The largest absolute Gasteiger partial charge is 0.573 e. The number of anilines is 1. The van der Waals surface area contributed by atoms with Gasteiger partial charge >= 0.3 is 6.36 Å². The zero-order valence-corrected chi connectivity index (χ0v) is 8.00. The minimum atomic E-state index is -4.88. The van der Waals surface area contributed by atoms with Crippen LogP contribution in [0, 0.1) is 11.3 Å². The summed E-state index contributed by atoms with van der Waals surface area (Å²) in [5.74, 6) is -0.951. The van der Waals surface area contributed by atoms with Crippen molar-refractivity contribution in [3.63, 3.8) is 0 Å². The fraction of sp³-hybridized carbons (Fsp3) is 0.250. The molecule has 1 rings (SSSR count). The zero-order chi connectivity index (χ0) is 12.3. The van der Waals surface area contributed by atoms with Crippen molar-refractivity contribution in [3.05, 3.63) is 11.9 Å². The zero-order valence-electron chi connectivity index (χ0n) is 8.00. The maximum absolute atomic E-state index is 11.9. The minimum absolute atomic E-state index is 0.213. The minimum Gasteiger partial charge on any atom is -0.491 e. The van der Waals surface area contributed by atoms with Crippen molar-refractivity contribution in [1.29, 1.82) is 5.26 Å². The Bertz CT molecular complexity index is 439. The molecule has 16 heavy (non-hydrogen) atoms. The second-order valence-corrected chi connectivity index (χ2v) is 2.58. The van der Waals surface area contributed by atoms with Crippen molar-refractivity contribution in [1.82, 2.24) is 4.98 Å². The second-order valence-electron chi connectivity index (χ2n) is 2.58. The van der Waals surface area contributed by atoms with Gasteiger partial charge in [-0.2, -0.15) is 5.26 Å². The molecule has 5 nitrogen and oxygen atoms in total. The fourth-order valence-electron chi connectivity index (χ4n) is 0.983. The standard InChI is InChI=1S/C8H6F3N3O2/c1-15-7-4(2-12)14-3-5(6(7)13)16-8(9,10)11/h3H,1H3,(H2,13,14). The number of alkyl halides is 3. The number of nitrogens with two attached hydrogens (primary N) is 1. The van der Waals surface area contributed by atoms with Gasteiger partial charge < -0.3 is 15.2 Å². The van der Waals surface area contributed by atoms with Crippen molar-refractivity contribution in [2.75, 3.05) is 12.8 Å². The summed E-state index contributed by atoms with van der Waals surface area (Å²) < 4.78 is 44.0. The van der Waals surface area contributed by atoms with Gasteiger partial charge in [-0.1, -0.05) is 0 Å². The van der Waals surface area contributed by atoms with Crippen molar-refractivity contribution in [3.8, 4) is 17.6 Å². The van der Waals surface area contributed by atoms with Crippen LogP contribution in [-0.4, -0.2) is 18.5 Å². The number of pyridine rings is 1. The number of rotatable bonds is 2. The molecule has 0 saturated carbocycles. The quantitative estimate of drug-likeness (QED) is 0.835. The lowest BCUT2D eigenvalue weighted by molar-refractivity contribution is -0.274. The summed E-state index contributed by atoms with van der Waals surface area (Å²) in [6.45, 7) is 0. The molecule has 0 saturated heterocycles. The number of aromatic nitrogens is 1. The monoisotopic (exact) mass is 233 g/mol. The average molecular weight is 233 g/mol. The van der Waals surface area contributed by atoms with Gasteiger partial charge in [0, 0.05) is 0 Å². The molecule has 2 N–H and O–H groups in total. The molecule has 1 aromatic rings. The summed E-state index contributed by atoms with van der Waals surface area (Å²) in [4.78, 5) is 3.42. The Morgan fingerprint density at radius 2 is 2.12 bits per heavy atom. The second kappa shape index (κ2) is 4.14. The Balaban J connectivity index is 3.20. The van der Waals surface area contributed by atoms with Gasteiger partial charge in [0.1, 0.15) is 11.8 Å². The lowest BCUT2D eigenvalue weighted by Gasteiger charge is -2.13. The van der Waals surface area contributed by atoms with Gasteiger partial charge in [-0.3, -0.25) is 0 Å². The first-order chi connectivity index (χ1) is 7.39. The molecular weight excluding hydrogens is 227 g/mol. The van der Waals surface area contributed by atoms with E-state index in [0.29, 0.717) is 6.20 Å². The molecule has 0 spiro atoms. The van der Waals surface area contributed by atoms with Gasteiger partial charge in [-0.25, -0.2) is 4.98 Å². The summed E-state index contributed by atoms with van der Waals surface area (Å²) in [5.41, 5.74) is 4.70. The van der Waals surface area contributed by atoms with E-state index in [-0.39, 0.29) is 11.4 Å². The van der Waals surface area contributed by atoms with E-state index in [1.807, 2.05) is 0 Å². The van der Waals surface area contributed by atoms with Crippen LogP contribution in [0.2, 0.25) is 0 Å². The van der Waals surface area contributed by atoms with E-state index >= 15 is 0 Å². The SMILES string of the molecule is COc1c(C#N)ncc(OC(F)(F)F)c1N. The van der Waals surface area contributed by atoms with E-state index in [4.69, 9.17) is 11.0 Å².